The lowest BCUT2D eigenvalue weighted by atomic mass is 9.89. The van der Waals surface area contributed by atoms with Crippen molar-refractivity contribution < 1.29 is 4.74 Å². The Kier molecular flexibility index (Phi) is 4.83. The lowest BCUT2D eigenvalue weighted by Gasteiger charge is -2.40. The molecule has 0 amide bonds. The van der Waals surface area contributed by atoms with Crippen molar-refractivity contribution in [3.8, 4) is 0 Å². The predicted molar refractivity (Wildman–Crippen MR) is 71.2 cm³/mol. The van der Waals surface area contributed by atoms with E-state index in [0.29, 0.717) is 6.04 Å². The third-order valence-electron chi connectivity index (χ3n) is 4.59. The molecule has 0 spiro atoms. The number of rotatable bonds is 4. The number of hydrogen-bond donors (Lipinski definition) is 1. The summed E-state index contributed by atoms with van der Waals surface area (Å²) in [5.74, 6) is 1.58. The van der Waals surface area contributed by atoms with Crippen LogP contribution in [0.3, 0.4) is 0 Å². The maximum Gasteiger partial charge on any atom is 0.0495 e. The van der Waals surface area contributed by atoms with Crippen LogP contribution in [0.15, 0.2) is 0 Å². The Morgan fingerprint density at radius 3 is 2.88 bits per heavy atom. The van der Waals surface area contributed by atoms with Gasteiger partial charge in [-0.15, -0.1) is 0 Å². The minimum Gasteiger partial charge on any atom is -0.381 e. The average Bonchev–Trinajstić information content (AvgIpc) is 2.78. The normalized spacial score (nSPS) is 39.7. The number of ether oxygens (including phenoxy) is 1. The van der Waals surface area contributed by atoms with Gasteiger partial charge < -0.3 is 15.0 Å². The topological polar surface area (TPSA) is 24.5 Å². The highest BCUT2D eigenvalue weighted by atomic mass is 16.5. The predicted octanol–water partition coefficient (Wildman–Crippen LogP) is 1.73. The Hall–Kier alpha value is -0.120. The first-order valence-electron chi connectivity index (χ1n) is 7.18. The molecule has 2 aliphatic rings. The van der Waals surface area contributed by atoms with Crippen molar-refractivity contribution >= 4 is 0 Å². The second-order valence-corrected chi connectivity index (χ2v) is 6.08. The summed E-state index contributed by atoms with van der Waals surface area (Å²) in [6.07, 6.45) is 3.84. The summed E-state index contributed by atoms with van der Waals surface area (Å²) in [5, 5.41) is 3.77. The van der Waals surface area contributed by atoms with Gasteiger partial charge >= 0.3 is 0 Å². The Bertz CT molecular complexity index is 228. The van der Waals surface area contributed by atoms with Gasteiger partial charge in [-0.3, -0.25) is 0 Å². The molecule has 2 saturated heterocycles. The van der Waals surface area contributed by atoms with E-state index in [1.54, 1.807) is 0 Å². The fraction of sp³-hybridized carbons (Fsp3) is 1.00. The van der Waals surface area contributed by atoms with Crippen molar-refractivity contribution in [1.29, 1.82) is 0 Å². The molecule has 0 aliphatic carbocycles. The van der Waals surface area contributed by atoms with Crippen LogP contribution in [0.25, 0.3) is 0 Å². The Labute approximate surface area is 106 Å². The van der Waals surface area contributed by atoms with Crippen LogP contribution >= 0.6 is 0 Å². The van der Waals surface area contributed by atoms with Gasteiger partial charge in [0.2, 0.25) is 0 Å². The van der Waals surface area contributed by atoms with Crippen molar-refractivity contribution in [1.82, 2.24) is 10.2 Å². The number of nitrogens with zero attached hydrogens (tertiary/aromatic N) is 1. The van der Waals surface area contributed by atoms with E-state index in [0.717, 1.165) is 31.1 Å². The zero-order valence-electron chi connectivity index (χ0n) is 11.6. The van der Waals surface area contributed by atoms with Crippen LogP contribution in [0.2, 0.25) is 0 Å². The fourth-order valence-electron chi connectivity index (χ4n) is 3.11. The van der Waals surface area contributed by atoms with Crippen LogP contribution in [0.5, 0.6) is 0 Å². The summed E-state index contributed by atoms with van der Waals surface area (Å²) >= 11 is 0. The molecular weight excluding hydrogens is 212 g/mol. The van der Waals surface area contributed by atoms with Crippen molar-refractivity contribution in [2.75, 3.05) is 33.4 Å². The minimum atomic E-state index is 0.712. The minimum absolute atomic E-state index is 0.712. The fourth-order valence-corrected chi connectivity index (χ4v) is 3.11. The molecule has 0 aromatic rings. The molecule has 2 rings (SSSR count). The molecule has 2 fully saturated rings. The lowest BCUT2D eigenvalue weighted by molar-refractivity contribution is 0.120. The smallest absolute Gasteiger partial charge is 0.0495 e. The molecule has 0 aromatic heterocycles. The number of likely N-dealkylation sites (tertiary alicyclic amines) is 1. The first-order chi connectivity index (χ1) is 8.16. The third-order valence-corrected chi connectivity index (χ3v) is 4.59. The summed E-state index contributed by atoms with van der Waals surface area (Å²) < 4.78 is 5.42. The van der Waals surface area contributed by atoms with E-state index in [1.807, 2.05) is 0 Å². The molecule has 0 saturated carbocycles. The first kappa shape index (κ1) is 13.3. The molecule has 100 valence electrons. The highest BCUT2D eigenvalue weighted by Crippen LogP contribution is 2.21. The zero-order valence-corrected chi connectivity index (χ0v) is 11.6. The quantitative estimate of drug-likeness (QED) is 0.810. The maximum absolute atomic E-state index is 5.42. The van der Waals surface area contributed by atoms with Gasteiger partial charge in [0.05, 0.1) is 0 Å². The molecule has 3 nitrogen and oxygen atoms in total. The highest BCUT2D eigenvalue weighted by molar-refractivity contribution is 4.86. The van der Waals surface area contributed by atoms with E-state index in [2.05, 4.69) is 31.1 Å². The molecule has 4 atom stereocenters. The van der Waals surface area contributed by atoms with Gasteiger partial charge in [-0.2, -0.15) is 0 Å². The highest BCUT2D eigenvalue weighted by Gasteiger charge is 2.28. The van der Waals surface area contributed by atoms with Crippen molar-refractivity contribution in [2.45, 2.75) is 45.2 Å². The molecule has 0 radical (unpaired) electrons. The van der Waals surface area contributed by atoms with Crippen LogP contribution in [-0.4, -0.2) is 50.3 Å². The van der Waals surface area contributed by atoms with Gasteiger partial charge in [-0.05, 0) is 51.6 Å². The Morgan fingerprint density at radius 2 is 2.18 bits per heavy atom. The van der Waals surface area contributed by atoms with Gasteiger partial charge in [-0.1, -0.05) is 6.92 Å². The van der Waals surface area contributed by atoms with Crippen LogP contribution < -0.4 is 5.32 Å². The monoisotopic (exact) mass is 240 g/mol. The standard InChI is InChI=1S/C14H28N2O/c1-11-9-16(3)12(2)8-14(11)15-6-4-13-5-7-17-10-13/h11-15H,4-10H2,1-3H3. The van der Waals surface area contributed by atoms with Crippen molar-refractivity contribution in [3.63, 3.8) is 0 Å². The zero-order chi connectivity index (χ0) is 12.3. The van der Waals surface area contributed by atoms with Gasteiger partial charge in [0.25, 0.3) is 0 Å². The Morgan fingerprint density at radius 1 is 1.35 bits per heavy atom. The van der Waals surface area contributed by atoms with Crippen LogP contribution in [0.4, 0.5) is 0 Å². The molecule has 4 unspecified atom stereocenters. The van der Waals surface area contributed by atoms with Gasteiger partial charge in [0.1, 0.15) is 0 Å². The van der Waals surface area contributed by atoms with E-state index < -0.39 is 0 Å². The van der Waals surface area contributed by atoms with Crippen molar-refractivity contribution in [2.24, 2.45) is 11.8 Å². The first-order valence-corrected chi connectivity index (χ1v) is 7.18. The summed E-state index contributed by atoms with van der Waals surface area (Å²) in [7, 11) is 2.24. The third kappa shape index (κ3) is 3.67. The molecule has 2 heterocycles. The molecular formula is C14H28N2O. The van der Waals surface area contributed by atoms with E-state index >= 15 is 0 Å². The molecule has 17 heavy (non-hydrogen) atoms. The summed E-state index contributed by atoms with van der Waals surface area (Å²) in [5.41, 5.74) is 0. The largest absolute Gasteiger partial charge is 0.381 e. The van der Waals surface area contributed by atoms with E-state index in [1.165, 1.54) is 32.4 Å². The van der Waals surface area contributed by atoms with Gasteiger partial charge in [0, 0.05) is 31.8 Å². The van der Waals surface area contributed by atoms with Crippen LogP contribution in [0, 0.1) is 11.8 Å². The molecule has 0 aromatic carbocycles. The SMILES string of the molecule is CC1CN(C)C(C)CC1NCCC1CCOC1. The number of nitrogens with one attached hydrogen (secondary N) is 1. The van der Waals surface area contributed by atoms with E-state index in [4.69, 9.17) is 4.74 Å². The van der Waals surface area contributed by atoms with Crippen molar-refractivity contribution in [3.05, 3.63) is 0 Å². The van der Waals surface area contributed by atoms with E-state index in [9.17, 15) is 0 Å². The lowest BCUT2D eigenvalue weighted by Crippen LogP contribution is -2.51. The second-order valence-electron chi connectivity index (χ2n) is 6.08. The summed E-state index contributed by atoms with van der Waals surface area (Å²) in [4.78, 5) is 2.48. The van der Waals surface area contributed by atoms with Crippen LogP contribution in [0.1, 0.15) is 33.1 Å². The summed E-state index contributed by atoms with van der Waals surface area (Å²) in [6, 6.07) is 1.43. The molecule has 1 N–H and O–H groups in total. The number of hydrogen-bond acceptors (Lipinski definition) is 3. The van der Waals surface area contributed by atoms with Crippen LogP contribution in [-0.2, 0) is 4.74 Å². The average molecular weight is 240 g/mol. The number of piperidine rings is 1. The molecule has 3 heteroatoms. The van der Waals surface area contributed by atoms with Gasteiger partial charge in [-0.25, -0.2) is 0 Å². The van der Waals surface area contributed by atoms with E-state index in [-0.39, 0.29) is 0 Å². The molecule has 2 aliphatic heterocycles. The van der Waals surface area contributed by atoms with Gasteiger partial charge in [0.15, 0.2) is 0 Å². The maximum atomic E-state index is 5.42. The second kappa shape index (κ2) is 6.17. The molecule has 0 bridgehead atoms. The Balaban J connectivity index is 1.67. The summed E-state index contributed by atoms with van der Waals surface area (Å²) in [6.45, 7) is 9.07.